The Bertz CT molecular complexity index is 586. The van der Waals surface area contributed by atoms with Gasteiger partial charge in [-0.25, -0.2) is 0 Å². The zero-order valence-corrected chi connectivity index (χ0v) is 21.1. The second-order valence-electron chi connectivity index (χ2n) is 7.87. The molecule has 166 valence electrons. The van der Waals surface area contributed by atoms with Gasteiger partial charge in [0.25, 0.3) is 0 Å². The van der Waals surface area contributed by atoms with Crippen molar-refractivity contribution in [3.63, 3.8) is 0 Å². The molecule has 7 heteroatoms. The number of likely N-dealkylation sites (N-methyl/N-ethyl adjacent to an activating group) is 1. The average Bonchev–Trinajstić information content (AvgIpc) is 2.74. The lowest BCUT2D eigenvalue weighted by Gasteiger charge is -2.41. The Morgan fingerprint density at radius 2 is 1.76 bits per heavy atom. The van der Waals surface area contributed by atoms with Crippen LogP contribution in [0.25, 0.3) is 0 Å². The van der Waals surface area contributed by atoms with E-state index in [2.05, 4.69) is 83.5 Å². The number of hydrogen-bond acceptors (Lipinski definition) is 4. The lowest BCUT2D eigenvalue weighted by molar-refractivity contribution is -0.00834. The molecule has 1 atom stereocenters. The molecule has 2 N–H and O–H groups in total. The first-order valence-electron chi connectivity index (χ1n) is 10.6. The van der Waals surface area contributed by atoms with Crippen LogP contribution in [0.2, 0.25) is 0 Å². The van der Waals surface area contributed by atoms with Crippen LogP contribution in [0.1, 0.15) is 39.3 Å². The van der Waals surface area contributed by atoms with Crippen LogP contribution in [0, 0.1) is 0 Å². The molecule has 29 heavy (non-hydrogen) atoms. The third-order valence-electron chi connectivity index (χ3n) is 5.68. The van der Waals surface area contributed by atoms with E-state index in [0.717, 1.165) is 58.4 Å². The monoisotopic (exact) mass is 517 g/mol. The summed E-state index contributed by atoms with van der Waals surface area (Å²) < 4.78 is 5.49. The van der Waals surface area contributed by atoms with E-state index in [4.69, 9.17) is 4.74 Å². The SMILES string of the molecule is CCN(CC)C(CNC(=NC)NCC(C)(C)N1CCOCC1)c1ccccc1.I. The molecule has 1 saturated heterocycles. The van der Waals surface area contributed by atoms with Gasteiger partial charge in [-0.3, -0.25) is 14.8 Å². The zero-order valence-electron chi connectivity index (χ0n) is 18.8. The van der Waals surface area contributed by atoms with Gasteiger partial charge < -0.3 is 15.4 Å². The highest BCUT2D eigenvalue weighted by Gasteiger charge is 2.28. The second kappa shape index (κ2) is 13.4. The van der Waals surface area contributed by atoms with E-state index >= 15 is 0 Å². The molecule has 0 aromatic heterocycles. The Labute approximate surface area is 194 Å². The van der Waals surface area contributed by atoms with Gasteiger partial charge in [0.1, 0.15) is 0 Å². The van der Waals surface area contributed by atoms with Crippen LogP contribution >= 0.6 is 24.0 Å². The number of aliphatic imine (C=N–C) groups is 1. The minimum Gasteiger partial charge on any atom is -0.379 e. The standard InChI is InChI=1S/C22H39N5O.HI/c1-6-26(7-2)20(19-11-9-8-10-12-19)17-24-21(23-5)25-18-22(3,4)27-13-15-28-16-14-27;/h8-12,20H,6-7,13-18H2,1-5H3,(H2,23,24,25);1H. The Morgan fingerprint density at radius 3 is 2.31 bits per heavy atom. The fraction of sp³-hybridized carbons (Fsp3) is 0.682. The second-order valence-corrected chi connectivity index (χ2v) is 7.87. The van der Waals surface area contributed by atoms with Crippen molar-refractivity contribution in [3.05, 3.63) is 35.9 Å². The van der Waals surface area contributed by atoms with Gasteiger partial charge in [0, 0.05) is 38.8 Å². The van der Waals surface area contributed by atoms with E-state index in [0.29, 0.717) is 6.04 Å². The van der Waals surface area contributed by atoms with Gasteiger partial charge in [0.2, 0.25) is 0 Å². The van der Waals surface area contributed by atoms with Crippen molar-refractivity contribution in [2.75, 3.05) is 59.5 Å². The Hall–Kier alpha value is -0.900. The number of hydrogen-bond donors (Lipinski definition) is 2. The largest absolute Gasteiger partial charge is 0.379 e. The summed E-state index contributed by atoms with van der Waals surface area (Å²) in [6, 6.07) is 11.0. The Morgan fingerprint density at radius 1 is 1.14 bits per heavy atom. The maximum absolute atomic E-state index is 5.49. The van der Waals surface area contributed by atoms with Crippen LogP contribution in [0.4, 0.5) is 0 Å². The minimum atomic E-state index is 0. The number of ether oxygens (including phenoxy) is 1. The number of nitrogens with one attached hydrogen (secondary N) is 2. The smallest absolute Gasteiger partial charge is 0.191 e. The molecule has 0 radical (unpaired) electrons. The molecule has 0 spiro atoms. The van der Waals surface area contributed by atoms with E-state index in [1.54, 1.807) is 0 Å². The van der Waals surface area contributed by atoms with Crippen molar-refractivity contribution in [3.8, 4) is 0 Å². The van der Waals surface area contributed by atoms with Gasteiger partial charge in [-0.1, -0.05) is 44.2 Å². The van der Waals surface area contributed by atoms with Crippen molar-refractivity contribution in [2.45, 2.75) is 39.3 Å². The summed E-state index contributed by atoms with van der Waals surface area (Å²) in [6.07, 6.45) is 0. The van der Waals surface area contributed by atoms with Crippen molar-refractivity contribution in [2.24, 2.45) is 4.99 Å². The third-order valence-corrected chi connectivity index (χ3v) is 5.68. The molecular formula is C22H40IN5O. The zero-order chi connectivity index (χ0) is 20.4. The minimum absolute atomic E-state index is 0. The van der Waals surface area contributed by atoms with Crippen molar-refractivity contribution in [1.82, 2.24) is 20.4 Å². The molecule has 1 heterocycles. The summed E-state index contributed by atoms with van der Waals surface area (Å²) in [5.41, 5.74) is 1.39. The van der Waals surface area contributed by atoms with E-state index < -0.39 is 0 Å². The van der Waals surface area contributed by atoms with Gasteiger partial charge in [0.05, 0.1) is 19.3 Å². The number of rotatable bonds is 9. The maximum atomic E-state index is 5.49. The van der Waals surface area contributed by atoms with Gasteiger partial charge in [0.15, 0.2) is 5.96 Å². The number of morpholine rings is 1. The first-order chi connectivity index (χ1) is 13.5. The average molecular weight is 518 g/mol. The van der Waals surface area contributed by atoms with E-state index in [1.807, 2.05) is 7.05 Å². The van der Waals surface area contributed by atoms with Crippen LogP contribution in [0.5, 0.6) is 0 Å². The molecule has 1 aliphatic rings. The molecule has 0 aliphatic carbocycles. The molecule has 0 saturated carbocycles. The topological polar surface area (TPSA) is 52.1 Å². The summed E-state index contributed by atoms with van der Waals surface area (Å²) in [6.45, 7) is 16.3. The third kappa shape index (κ3) is 8.03. The first-order valence-corrected chi connectivity index (χ1v) is 10.6. The normalized spacial score (nSPS) is 17.0. The van der Waals surface area contributed by atoms with Crippen molar-refractivity contribution < 1.29 is 4.74 Å². The summed E-state index contributed by atoms with van der Waals surface area (Å²) in [7, 11) is 1.84. The highest BCUT2D eigenvalue weighted by atomic mass is 127. The molecule has 1 aromatic rings. The maximum Gasteiger partial charge on any atom is 0.191 e. The Balaban J connectivity index is 0.00000420. The predicted molar refractivity (Wildman–Crippen MR) is 133 cm³/mol. The number of benzene rings is 1. The first kappa shape index (κ1) is 26.1. The molecule has 1 fully saturated rings. The number of guanidine groups is 1. The molecular weight excluding hydrogens is 477 g/mol. The predicted octanol–water partition coefficient (Wildman–Crippen LogP) is 2.96. The van der Waals surface area contributed by atoms with E-state index in [9.17, 15) is 0 Å². The van der Waals surface area contributed by atoms with Gasteiger partial charge in [-0.05, 0) is 32.5 Å². The lowest BCUT2D eigenvalue weighted by atomic mass is 10.0. The molecule has 2 rings (SSSR count). The van der Waals surface area contributed by atoms with Gasteiger partial charge in [-0.2, -0.15) is 0 Å². The molecule has 1 aromatic carbocycles. The van der Waals surface area contributed by atoms with E-state index in [-0.39, 0.29) is 29.5 Å². The molecule has 0 amide bonds. The highest BCUT2D eigenvalue weighted by Crippen LogP contribution is 2.19. The molecule has 0 bridgehead atoms. The van der Waals surface area contributed by atoms with Gasteiger partial charge in [-0.15, -0.1) is 24.0 Å². The summed E-state index contributed by atoms with van der Waals surface area (Å²) in [4.78, 5) is 9.41. The molecule has 6 nitrogen and oxygen atoms in total. The lowest BCUT2D eigenvalue weighted by Crippen LogP contribution is -2.56. The number of nitrogens with zero attached hydrogens (tertiary/aromatic N) is 3. The van der Waals surface area contributed by atoms with Crippen LogP contribution in [0.15, 0.2) is 35.3 Å². The van der Waals surface area contributed by atoms with Gasteiger partial charge >= 0.3 is 0 Å². The fourth-order valence-electron chi connectivity index (χ4n) is 3.79. The summed E-state index contributed by atoms with van der Waals surface area (Å²) in [5, 5.41) is 7.07. The van der Waals surface area contributed by atoms with Crippen LogP contribution in [0.3, 0.4) is 0 Å². The van der Waals surface area contributed by atoms with Crippen molar-refractivity contribution in [1.29, 1.82) is 0 Å². The van der Waals surface area contributed by atoms with Crippen LogP contribution < -0.4 is 10.6 Å². The van der Waals surface area contributed by atoms with E-state index in [1.165, 1.54) is 5.56 Å². The highest BCUT2D eigenvalue weighted by molar-refractivity contribution is 14.0. The summed E-state index contributed by atoms with van der Waals surface area (Å²) in [5.74, 6) is 0.856. The fourth-order valence-corrected chi connectivity index (χ4v) is 3.79. The number of halogens is 1. The quantitative estimate of drug-likeness (QED) is 0.300. The van der Waals surface area contributed by atoms with Crippen molar-refractivity contribution >= 4 is 29.9 Å². The molecule has 1 aliphatic heterocycles. The molecule has 1 unspecified atom stereocenters. The Kier molecular flexibility index (Phi) is 12.1. The van der Waals surface area contributed by atoms with Crippen LogP contribution in [-0.4, -0.2) is 80.8 Å². The van der Waals surface area contributed by atoms with Crippen LogP contribution in [-0.2, 0) is 4.74 Å². The summed E-state index contributed by atoms with van der Waals surface area (Å²) >= 11 is 0.